The Labute approximate surface area is 96.5 Å². The summed E-state index contributed by atoms with van der Waals surface area (Å²) in [6.45, 7) is 4.13. The summed E-state index contributed by atoms with van der Waals surface area (Å²) < 4.78 is 0. The highest BCUT2D eigenvalue weighted by atomic mass is 16.4. The number of benzene rings is 1. The fourth-order valence-corrected chi connectivity index (χ4v) is 1.70. The lowest BCUT2D eigenvalue weighted by Crippen LogP contribution is -2.28. The fourth-order valence-electron chi connectivity index (χ4n) is 1.70. The minimum Gasteiger partial charge on any atom is -0.481 e. The van der Waals surface area contributed by atoms with Crippen LogP contribution in [0.1, 0.15) is 38.3 Å². The zero-order valence-corrected chi connectivity index (χ0v) is 9.81. The van der Waals surface area contributed by atoms with Gasteiger partial charge in [-0.25, -0.2) is 0 Å². The van der Waals surface area contributed by atoms with Crippen LogP contribution in [0.25, 0.3) is 0 Å². The van der Waals surface area contributed by atoms with E-state index in [1.54, 1.807) is 0 Å². The van der Waals surface area contributed by atoms with E-state index in [1.807, 2.05) is 30.3 Å². The van der Waals surface area contributed by atoms with Gasteiger partial charge in [0.2, 0.25) is 0 Å². The Kier molecular flexibility index (Phi) is 4.99. The molecule has 0 saturated carbocycles. The average molecular weight is 221 g/mol. The zero-order chi connectivity index (χ0) is 12.0. The van der Waals surface area contributed by atoms with Crippen molar-refractivity contribution < 1.29 is 9.90 Å². The van der Waals surface area contributed by atoms with Gasteiger partial charge in [-0.2, -0.15) is 0 Å². The van der Waals surface area contributed by atoms with Crippen molar-refractivity contribution >= 4 is 5.97 Å². The summed E-state index contributed by atoms with van der Waals surface area (Å²) >= 11 is 0. The lowest BCUT2D eigenvalue weighted by atomic mass is 10.0. The molecule has 1 atom stereocenters. The summed E-state index contributed by atoms with van der Waals surface area (Å²) in [5, 5.41) is 12.1. The highest BCUT2D eigenvalue weighted by Gasteiger charge is 2.13. The van der Waals surface area contributed by atoms with E-state index in [4.69, 9.17) is 5.11 Å². The van der Waals surface area contributed by atoms with Crippen LogP contribution in [-0.4, -0.2) is 17.1 Å². The summed E-state index contributed by atoms with van der Waals surface area (Å²) in [5.41, 5.74) is 1.15. The molecule has 0 amide bonds. The number of carbonyl (C=O) groups is 1. The lowest BCUT2D eigenvalue weighted by Gasteiger charge is -2.21. The molecule has 0 heterocycles. The van der Waals surface area contributed by atoms with Crippen LogP contribution in [0.5, 0.6) is 0 Å². The first-order valence-corrected chi connectivity index (χ1v) is 5.62. The SMILES string of the molecule is CC(C)NC(CCC(=O)O)c1ccccc1. The van der Waals surface area contributed by atoms with Crippen LogP contribution in [0.15, 0.2) is 30.3 Å². The second kappa shape index (κ2) is 6.28. The molecule has 1 aromatic carbocycles. The van der Waals surface area contributed by atoms with Crippen molar-refractivity contribution in [2.75, 3.05) is 0 Å². The highest BCUT2D eigenvalue weighted by molar-refractivity contribution is 5.66. The molecule has 0 bridgehead atoms. The number of rotatable bonds is 6. The van der Waals surface area contributed by atoms with Crippen LogP contribution in [0, 0.1) is 0 Å². The topological polar surface area (TPSA) is 49.3 Å². The van der Waals surface area contributed by atoms with Crippen LogP contribution >= 0.6 is 0 Å². The molecule has 0 aliphatic rings. The van der Waals surface area contributed by atoms with Gasteiger partial charge < -0.3 is 10.4 Å². The Bertz CT molecular complexity index is 322. The Morgan fingerprint density at radius 3 is 2.44 bits per heavy atom. The maximum atomic E-state index is 10.6. The maximum absolute atomic E-state index is 10.6. The quantitative estimate of drug-likeness (QED) is 0.776. The van der Waals surface area contributed by atoms with Crippen molar-refractivity contribution in [3.8, 4) is 0 Å². The van der Waals surface area contributed by atoms with Crippen molar-refractivity contribution in [2.45, 2.75) is 38.8 Å². The van der Waals surface area contributed by atoms with Gasteiger partial charge in [-0.15, -0.1) is 0 Å². The van der Waals surface area contributed by atoms with Gasteiger partial charge in [-0.05, 0) is 12.0 Å². The van der Waals surface area contributed by atoms with E-state index in [0.717, 1.165) is 5.56 Å². The Morgan fingerprint density at radius 2 is 1.94 bits per heavy atom. The first kappa shape index (κ1) is 12.7. The molecule has 0 saturated heterocycles. The van der Waals surface area contributed by atoms with Gasteiger partial charge in [0.1, 0.15) is 0 Å². The number of carboxylic acid groups (broad SMARTS) is 1. The Morgan fingerprint density at radius 1 is 1.31 bits per heavy atom. The second-order valence-corrected chi connectivity index (χ2v) is 4.22. The van der Waals surface area contributed by atoms with E-state index in [0.29, 0.717) is 12.5 Å². The van der Waals surface area contributed by atoms with Gasteiger partial charge in [0.05, 0.1) is 0 Å². The van der Waals surface area contributed by atoms with Gasteiger partial charge in [0, 0.05) is 18.5 Å². The fraction of sp³-hybridized carbons (Fsp3) is 0.462. The largest absolute Gasteiger partial charge is 0.481 e. The van der Waals surface area contributed by atoms with Crippen LogP contribution in [0.3, 0.4) is 0 Å². The van der Waals surface area contributed by atoms with Crippen molar-refractivity contribution in [3.63, 3.8) is 0 Å². The second-order valence-electron chi connectivity index (χ2n) is 4.22. The van der Waals surface area contributed by atoms with E-state index in [-0.39, 0.29) is 12.5 Å². The van der Waals surface area contributed by atoms with Gasteiger partial charge >= 0.3 is 5.97 Å². The molecule has 0 aliphatic heterocycles. The van der Waals surface area contributed by atoms with E-state index in [1.165, 1.54) is 0 Å². The molecule has 3 heteroatoms. The van der Waals surface area contributed by atoms with E-state index in [2.05, 4.69) is 19.2 Å². The zero-order valence-electron chi connectivity index (χ0n) is 9.81. The molecule has 1 unspecified atom stereocenters. The molecule has 1 aromatic rings. The van der Waals surface area contributed by atoms with Crippen LogP contribution in [0.2, 0.25) is 0 Å². The first-order chi connectivity index (χ1) is 7.59. The molecule has 3 nitrogen and oxygen atoms in total. The lowest BCUT2D eigenvalue weighted by molar-refractivity contribution is -0.137. The molecule has 0 radical (unpaired) electrons. The standard InChI is InChI=1S/C13H19NO2/c1-10(2)14-12(8-9-13(15)16)11-6-4-3-5-7-11/h3-7,10,12,14H,8-9H2,1-2H3,(H,15,16). The maximum Gasteiger partial charge on any atom is 0.303 e. The molecule has 1 rings (SSSR count). The van der Waals surface area contributed by atoms with E-state index in [9.17, 15) is 4.79 Å². The summed E-state index contributed by atoms with van der Waals surface area (Å²) in [7, 11) is 0. The third kappa shape index (κ3) is 4.45. The highest BCUT2D eigenvalue weighted by Crippen LogP contribution is 2.18. The third-order valence-corrected chi connectivity index (χ3v) is 2.38. The van der Waals surface area contributed by atoms with Gasteiger partial charge in [-0.1, -0.05) is 44.2 Å². The molecule has 0 aliphatic carbocycles. The van der Waals surface area contributed by atoms with Crippen LogP contribution in [-0.2, 0) is 4.79 Å². The minimum absolute atomic E-state index is 0.122. The minimum atomic E-state index is -0.744. The smallest absolute Gasteiger partial charge is 0.303 e. The monoisotopic (exact) mass is 221 g/mol. The number of carboxylic acids is 1. The molecule has 2 N–H and O–H groups in total. The first-order valence-electron chi connectivity index (χ1n) is 5.62. The predicted octanol–water partition coefficient (Wildman–Crippen LogP) is 2.59. The summed E-state index contributed by atoms with van der Waals surface area (Å²) in [6, 6.07) is 10.4. The molecule has 88 valence electrons. The van der Waals surface area contributed by atoms with E-state index < -0.39 is 5.97 Å². The van der Waals surface area contributed by atoms with Crippen molar-refractivity contribution in [3.05, 3.63) is 35.9 Å². The Hall–Kier alpha value is -1.35. The molecule has 0 fully saturated rings. The number of aliphatic carboxylic acids is 1. The average Bonchev–Trinajstić information content (AvgIpc) is 2.25. The van der Waals surface area contributed by atoms with Gasteiger partial charge in [0.25, 0.3) is 0 Å². The Balaban J connectivity index is 2.67. The molecular formula is C13H19NO2. The van der Waals surface area contributed by atoms with Crippen molar-refractivity contribution in [1.82, 2.24) is 5.32 Å². The molecule has 0 aromatic heterocycles. The predicted molar refractivity (Wildman–Crippen MR) is 64.3 cm³/mol. The van der Waals surface area contributed by atoms with Crippen molar-refractivity contribution in [1.29, 1.82) is 0 Å². The number of hydrogen-bond acceptors (Lipinski definition) is 2. The molecular weight excluding hydrogens is 202 g/mol. The third-order valence-electron chi connectivity index (χ3n) is 2.38. The van der Waals surface area contributed by atoms with Crippen molar-refractivity contribution in [2.24, 2.45) is 0 Å². The summed E-state index contributed by atoms with van der Waals surface area (Å²) in [6.07, 6.45) is 0.816. The van der Waals surface area contributed by atoms with Gasteiger partial charge in [-0.3, -0.25) is 4.79 Å². The summed E-state index contributed by atoms with van der Waals surface area (Å²) in [5.74, 6) is -0.744. The van der Waals surface area contributed by atoms with Crippen LogP contribution < -0.4 is 5.32 Å². The molecule has 16 heavy (non-hydrogen) atoms. The van der Waals surface area contributed by atoms with Gasteiger partial charge in [0.15, 0.2) is 0 Å². The van der Waals surface area contributed by atoms with E-state index >= 15 is 0 Å². The normalized spacial score (nSPS) is 12.7. The number of nitrogens with one attached hydrogen (secondary N) is 1. The number of hydrogen-bond donors (Lipinski definition) is 2. The molecule has 0 spiro atoms. The summed E-state index contributed by atoms with van der Waals surface area (Å²) in [4.78, 5) is 10.6. The van der Waals surface area contributed by atoms with Crippen LogP contribution in [0.4, 0.5) is 0 Å².